The SMILES string of the molecule is CCCCOC(=O)c1ccc(NC(=O)/C=C/c2ccc(OCCCC)cc2)cc1. The van der Waals surface area contributed by atoms with Gasteiger partial charge in [0.1, 0.15) is 5.75 Å². The smallest absolute Gasteiger partial charge is 0.338 e. The minimum atomic E-state index is -0.349. The topological polar surface area (TPSA) is 64.6 Å². The van der Waals surface area contributed by atoms with Crippen molar-refractivity contribution in [1.82, 2.24) is 0 Å². The van der Waals surface area contributed by atoms with Gasteiger partial charge in [0, 0.05) is 11.8 Å². The molecule has 1 N–H and O–H groups in total. The van der Waals surface area contributed by atoms with Crippen LogP contribution in [-0.4, -0.2) is 25.1 Å². The lowest BCUT2D eigenvalue weighted by atomic mass is 10.2. The number of amides is 1. The van der Waals surface area contributed by atoms with E-state index in [-0.39, 0.29) is 11.9 Å². The quantitative estimate of drug-likeness (QED) is 0.311. The van der Waals surface area contributed by atoms with Gasteiger partial charge in [0.2, 0.25) is 5.91 Å². The molecule has 0 heterocycles. The Bertz CT molecular complexity index is 795. The van der Waals surface area contributed by atoms with Crippen molar-refractivity contribution in [3.63, 3.8) is 0 Å². The number of esters is 1. The number of carbonyl (C=O) groups excluding carboxylic acids is 2. The van der Waals surface area contributed by atoms with Crippen molar-refractivity contribution in [2.45, 2.75) is 39.5 Å². The molecule has 2 aromatic rings. The lowest BCUT2D eigenvalue weighted by Gasteiger charge is -2.06. The second-order valence-corrected chi connectivity index (χ2v) is 6.66. The predicted molar refractivity (Wildman–Crippen MR) is 116 cm³/mol. The summed E-state index contributed by atoms with van der Waals surface area (Å²) in [5.41, 5.74) is 1.99. The van der Waals surface area contributed by atoms with Crippen LogP contribution in [0.15, 0.2) is 54.6 Å². The van der Waals surface area contributed by atoms with E-state index >= 15 is 0 Å². The standard InChI is InChI=1S/C24H29NO4/c1-3-5-17-28-22-14-7-19(8-15-22)9-16-23(26)25-21-12-10-20(11-13-21)24(27)29-18-6-4-2/h7-16H,3-6,17-18H2,1-2H3,(H,25,26)/b16-9+. The molecular formula is C24H29NO4. The highest BCUT2D eigenvalue weighted by Gasteiger charge is 2.07. The van der Waals surface area contributed by atoms with Crippen LogP contribution in [0, 0.1) is 0 Å². The van der Waals surface area contributed by atoms with Gasteiger partial charge in [-0.15, -0.1) is 0 Å². The van der Waals surface area contributed by atoms with E-state index in [0.717, 1.165) is 37.0 Å². The predicted octanol–water partition coefficient (Wildman–Crippen LogP) is 5.47. The molecule has 0 saturated heterocycles. The van der Waals surface area contributed by atoms with Gasteiger partial charge in [-0.05, 0) is 60.9 Å². The van der Waals surface area contributed by atoms with Crippen LogP contribution in [0.5, 0.6) is 5.75 Å². The average Bonchev–Trinajstić information content (AvgIpc) is 2.74. The third kappa shape index (κ3) is 8.21. The summed E-state index contributed by atoms with van der Waals surface area (Å²) < 4.78 is 10.8. The maximum absolute atomic E-state index is 12.1. The maximum atomic E-state index is 12.1. The second kappa shape index (κ2) is 12.4. The van der Waals surface area contributed by atoms with Crippen molar-refractivity contribution in [3.05, 3.63) is 65.7 Å². The van der Waals surface area contributed by atoms with Crippen molar-refractivity contribution in [3.8, 4) is 5.75 Å². The van der Waals surface area contributed by atoms with Crippen LogP contribution < -0.4 is 10.1 Å². The number of nitrogens with one attached hydrogen (secondary N) is 1. The molecule has 0 radical (unpaired) electrons. The number of rotatable bonds is 11. The summed E-state index contributed by atoms with van der Waals surface area (Å²) in [5.74, 6) is 0.234. The largest absolute Gasteiger partial charge is 0.494 e. The molecule has 0 fully saturated rings. The molecule has 2 rings (SSSR count). The minimum Gasteiger partial charge on any atom is -0.494 e. The summed E-state index contributed by atoms with van der Waals surface area (Å²) in [4.78, 5) is 24.0. The Morgan fingerprint density at radius 1 is 0.897 bits per heavy atom. The van der Waals surface area contributed by atoms with E-state index in [1.807, 2.05) is 31.2 Å². The second-order valence-electron chi connectivity index (χ2n) is 6.66. The fraction of sp³-hybridized carbons (Fsp3) is 0.333. The fourth-order valence-corrected chi connectivity index (χ4v) is 2.45. The summed E-state index contributed by atoms with van der Waals surface area (Å²) in [6, 6.07) is 14.3. The van der Waals surface area contributed by atoms with Gasteiger partial charge in [-0.1, -0.05) is 38.8 Å². The number of hydrogen-bond acceptors (Lipinski definition) is 4. The van der Waals surface area contributed by atoms with Crippen molar-refractivity contribution in [2.75, 3.05) is 18.5 Å². The van der Waals surface area contributed by atoms with Crippen LogP contribution in [0.1, 0.15) is 55.5 Å². The first-order valence-electron chi connectivity index (χ1n) is 10.1. The summed E-state index contributed by atoms with van der Waals surface area (Å²) in [5, 5.41) is 2.77. The average molecular weight is 395 g/mol. The molecule has 0 aliphatic carbocycles. The lowest BCUT2D eigenvalue weighted by Crippen LogP contribution is -2.09. The third-order valence-electron chi connectivity index (χ3n) is 4.19. The summed E-state index contributed by atoms with van der Waals surface area (Å²) in [7, 11) is 0. The minimum absolute atomic E-state index is 0.244. The summed E-state index contributed by atoms with van der Waals surface area (Å²) in [6.07, 6.45) is 7.17. The Labute approximate surface area is 172 Å². The van der Waals surface area contributed by atoms with Gasteiger partial charge in [-0.3, -0.25) is 4.79 Å². The third-order valence-corrected chi connectivity index (χ3v) is 4.19. The Balaban J connectivity index is 1.83. The van der Waals surface area contributed by atoms with E-state index in [1.165, 1.54) is 6.08 Å². The molecule has 0 aliphatic rings. The number of carbonyl (C=O) groups is 2. The first-order chi connectivity index (χ1) is 14.1. The number of benzene rings is 2. The van der Waals surface area contributed by atoms with Crippen molar-refractivity contribution in [2.24, 2.45) is 0 Å². The van der Waals surface area contributed by atoms with Crippen LogP contribution in [0.3, 0.4) is 0 Å². The van der Waals surface area contributed by atoms with E-state index in [2.05, 4.69) is 12.2 Å². The zero-order valence-electron chi connectivity index (χ0n) is 17.1. The van der Waals surface area contributed by atoms with Crippen molar-refractivity contribution < 1.29 is 19.1 Å². The van der Waals surface area contributed by atoms with Gasteiger partial charge in [-0.2, -0.15) is 0 Å². The summed E-state index contributed by atoms with van der Waals surface area (Å²) >= 11 is 0. The lowest BCUT2D eigenvalue weighted by molar-refractivity contribution is -0.111. The van der Waals surface area contributed by atoms with Gasteiger partial charge in [0.05, 0.1) is 18.8 Å². The van der Waals surface area contributed by atoms with E-state index in [9.17, 15) is 9.59 Å². The highest BCUT2D eigenvalue weighted by Crippen LogP contribution is 2.14. The molecule has 0 saturated carbocycles. The van der Waals surface area contributed by atoms with E-state index < -0.39 is 0 Å². The van der Waals surface area contributed by atoms with Gasteiger partial charge in [0.15, 0.2) is 0 Å². The Hall–Kier alpha value is -3.08. The molecule has 0 atom stereocenters. The van der Waals surface area contributed by atoms with E-state index in [0.29, 0.717) is 24.5 Å². The van der Waals surface area contributed by atoms with Crippen LogP contribution in [0.2, 0.25) is 0 Å². The van der Waals surface area contributed by atoms with Gasteiger partial charge < -0.3 is 14.8 Å². The normalized spacial score (nSPS) is 10.7. The molecule has 2 aromatic carbocycles. The Kier molecular flexibility index (Phi) is 9.49. The molecule has 5 heteroatoms. The van der Waals surface area contributed by atoms with Crippen LogP contribution >= 0.6 is 0 Å². The molecule has 154 valence electrons. The van der Waals surface area contributed by atoms with Crippen LogP contribution in [0.25, 0.3) is 6.08 Å². The van der Waals surface area contributed by atoms with Gasteiger partial charge in [-0.25, -0.2) is 4.79 Å². The Morgan fingerprint density at radius 3 is 2.21 bits per heavy atom. The van der Waals surface area contributed by atoms with Gasteiger partial charge in [0.25, 0.3) is 0 Å². The molecule has 0 spiro atoms. The van der Waals surface area contributed by atoms with E-state index in [1.54, 1.807) is 30.3 Å². The first-order valence-corrected chi connectivity index (χ1v) is 10.1. The highest BCUT2D eigenvalue weighted by atomic mass is 16.5. The highest BCUT2D eigenvalue weighted by molar-refractivity contribution is 6.02. The summed E-state index contributed by atoms with van der Waals surface area (Å²) in [6.45, 7) is 5.30. The van der Waals surface area contributed by atoms with Crippen LogP contribution in [-0.2, 0) is 9.53 Å². The fourth-order valence-electron chi connectivity index (χ4n) is 2.45. The number of hydrogen-bond donors (Lipinski definition) is 1. The zero-order chi connectivity index (χ0) is 20.9. The molecule has 0 unspecified atom stereocenters. The molecule has 0 aliphatic heterocycles. The monoisotopic (exact) mass is 395 g/mol. The number of unbranched alkanes of at least 4 members (excludes halogenated alkanes) is 2. The first kappa shape index (κ1) is 22.2. The van der Waals surface area contributed by atoms with Gasteiger partial charge >= 0.3 is 5.97 Å². The maximum Gasteiger partial charge on any atom is 0.338 e. The molecular weight excluding hydrogens is 366 g/mol. The number of ether oxygens (including phenoxy) is 2. The number of anilines is 1. The van der Waals surface area contributed by atoms with E-state index in [4.69, 9.17) is 9.47 Å². The van der Waals surface area contributed by atoms with Crippen molar-refractivity contribution >= 4 is 23.6 Å². The Morgan fingerprint density at radius 2 is 1.55 bits per heavy atom. The molecule has 29 heavy (non-hydrogen) atoms. The molecule has 5 nitrogen and oxygen atoms in total. The zero-order valence-corrected chi connectivity index (χ0v) is 17.1. The molecule has 0 bridgehead atoms. The van der Waals surface area contributed by atoms with Crippen molar-refractivity contribution in [1.29, 1.82) is 0 Å². The molecule has 1 amide bonds. The molecule has 0 aromatic heterocycles. The van der Waals surface area contributed by atoms with Crippen LogP contribution in [0.4, 0.5) is 5.69 Å².